The van der Waals surface area contributed by atoms with Crippen molar-refractivity contribution in [1.82, 2.24) is 5.06 Å². The van der Waals surface area contributed by atoms with Crippen LogP contribution >= 0.6 is 0 Å². The average molecular weight is 291 g/mol. The SMILES string of the molecule is COc1ccc2c(c1)[C@@](C)(CCN(OC)C(C)=O)CCC2. The first kappa shape index (κ1) is 15.8. The van der Waals surface area contributed by atoms with Crippen molar-refractivity contribution >= 4 is 5.91 Å². The molecule has 0 bridgehead atoms. The van der Waals surface area contributed by atoms with Crippen LogP contribution in [-0.4, -0.2) is 31.7 Å². The van der Waals surface area contributed by atoms with Crippen LogP contribution in [0.15, 0.2) is 18.2 Å². The standard InChI is InChI=1S/C17H25NO3/c1-13(19)18(21-4)11-10-17(2)9-5-6-14-7-8-15(20-3)12-16(14)17/h7-8,12H,5-6,9-11H2,1-4H3/t17-/m1/s1. The van der Waals surface area contributed by atoms with Gasteiger partial charge < -0.3 is 4.74 Å². The number of hydroxylamine groups is 2. The molecule has 1 amide bonds. The quantitative estimate of drug-likeness (QED) is 0.783. The summed E-state index contributed by atoms with van der Waals surface area (Å²) in [5, 5.41) is 1.43. The summed E-state index contributed by atoms with van der Waals surface area (Å²) in [6.45, 7) is 4.42. The number of ether oxygens (including phenoxy) is 1. The van der Waals surface area contributed by atoms with E-state index in [1.165, 1.54) is 29.5 Å². The van der Waals surface area contributed by atoms with Gasteiger partial charge in [-0.3, -0.25) is 9.63 Å². The Hall–Kier alpha value is -1.55. The molecule has 1 aliphatic rings. The van der Waals surface area contributed by atoms with Crippen LogP contribution in [-0.2, 0) is 21.5 Å². The molecule has 4 heteroatoms. The van der Waals surface area contributed by atoms with Crippen molar-refractivity contribution in [3.63, 3.8) is 0 Å². The van der Waals surface area contributed by atoms with Crippen LogP contribution in [0.3, 0.4) is 0 Å². The lowest BCUT2D eigenvalue weighted by molar-refractivity contribution is -0.174. The molecule has 0 spiro atoms. The molecule has 0 unspecified atom stereocenters. The van der Waals surface area contributed by atoms with Crippen LogP contribution in [0, 0.1) is 0 Å². The molecule has 2 rings (SSSR count). The summed E-state index contributed by atoms with van der Waals surface area (Å²) in [6, 6.07) is 6.35. The van der Waals surface area contributed by atoms with Gasteiger partial charge in [-0.15, -0.1) is 0 Å². The van der Waals surface area contributed by atoms with E-state index in [0.717, 1.165) is 25.0 Å². The highest BCUT2D eigenvalue weighted by Crippen LogP contribution is 2.41. The minimum Gasteiger partial charge on any atom is -0.497 e. The fraction of sp³-hybridized carbons (Fsp3) is 0.588. The van der Waals surface area contributed by atoms with Gasteiger partial charge in [0.05, 0.1) is 14.2 Å². The predicted octanol–water partition coefficient (Wildman–Crippen LogP) is 3.09. The second-order valence-corrected chi connectivity index (χ2v) is 5.99. The third kappa shape index (κ3) is 3.38. The summed E-state index contributed by atoms with van der Waals surface area (Å²) >= 11 is 0. The molecule has 1 aromatic rings. The molecule has 1 atom stereocenters. The summed E-state index contributed by atoms with van der Waals surface area (Å²) < 4.78 is 5.37. The molecule has 1 aliphatic carbocycles. The van der Waals surface area contributed by atoms with Gasteiger partial charge in [0.2, 0.25) is 5.91 Å². The van der Waals surface area contributed by atoms with Crippen LogP contribution in [0.2, 0.25) is 0 Å². The molecule has 0 saturated heterocycles. The Morgan fingerprint density at radius 3 is 2.76 bits per heavy atom. The van der Waals surface area contributed by atoms with Crippen LogP contribution in [0.5, 0.6) is 5.75 Å². The maximum atomic E-state index is 11.5. The van der Waals surface area contributed by atoms with E-state index < -0.39 is 0 Å². The molecule has 0 fully saturated rings. The maximum Gasteiger partial charge on any atom is 0.242 e. The van der Waals surface area contributed by atoms with Crippen molar-refractivity contribution in [3.8, 4) is 5.75 Å². The van der Waals surface area contributed by atoms with Gasteiger partial charge in [-0.1, -0.05) is 13.0 Å². The maximum absolute atomic E-state index is 11.5. The van der Waals surface area contributed by atoms with E-state index in [1.807, 2.05) is 6.07 Å². The zero-order valence-corrected chi connectivity index (χ0v) is 13.4. The summed E-state index contributed by atoms with van der Waals surface area (Å²) in [7, 11) is 3.24. The number of benzene rings is 1. The van der Waals surface area contributed by atoms with Crippen LogP contribution in [0.1, 0.15) is 44.2 Å². The van der Waals surface area contributed by atoms with Crippen molar-refractivity contribution in [1.29, 1.82) is 0 Å². The smallest absolute Gasteiger partial charge is 0.242 e. The van der Waals surface area contributed by atoms with Crippen molar-refractivity contribution in [3.05, 3.63) is 29.3 Å². The minimum absolute atomic E-state index is 0.0530. The molecule has 0 saturated carbocycles. The van der Waals surface area contributed by atoms with Gasteiger partial charge in [0.15, 0.2) is 0 Å². The Balaban J connectivity index is 2.21. The van der Waals surface area contributed by atoms with Crippen molar-refractivity contribution in [2.24, 2.45) is 0 Å². The first-order valence-corrected chi connectivity index (χ1v) is 7.50. The molecule has 0 heterocycles. The summed E-state index contributed by atoms with van der Waals surface area (Å²) in [5.74, 6) is 0.847. The lowest BCUT2D eigenvalue weighted by Crippen LogP contribution is -2.35. The van der Waals surface area contributed by atoms with Crippen molar-refractivity contribution in [2.45, 2.75) is 44.9 Å². The largest absolute Gasteiger partial charge is 0.497 e. The number of hydrogen-bond donors (Lipinski definition) is 0. The predicted molar refractivity (Wildman–Crippen MR) is 82.3 cm³/mol. The molecule has 0 aliphatic heterocycles. The Bertz CT molecular complexity index is 515. The Kier molecular flexibility index (Phi) is 4.88. The van der Waals surface area contributed by atoms with E-state index in [4.69, 9.17) is 9.57 Å². The molecule has 116 valence electrons. The Morgan fingerprint density at radius 2 is 2.14 bits per heavy atom. The van der Waals surface area contributed by atoms with Gasteiger partial charge in [0, 0.05) is 13.5 Å². The highest BCUT2D eigenvalue weighted by Gasteiger charge is 2.33. The molecule has 1 aromatic carbocycles. The summed E-state index contributed by atoms with van der Waals surface area (Å²) in [4.78, 5) is 16.6. The second kappa shape index (κ2) is 6.48. The number of carbonyl (C=O) groups is 1. The molecular formula is C17H25NO3. The number of fused-ring (bicyclic) bond motifs is 1. The number of carbonyl (C=O) groups excluding carboxylic acids is 1. The van der Waals surface area contributed by atoms with E-state index in [-0.39, 0.29) is 11.3 Å². The van der Waals surface area contributed by atoms with Crippen molar-refractivity contribution in [2.75, 3.05) is 20.8 Å². The highest BCUT2D eigenvalue weighted by atomic mass is 16.7. The van der Waals surface area contributed by atoms with Gasteiger partial charge in [-0.25, -0.2) is 5.06 Å². The Morgan fingerprint density at radius 1 is 1.38 bits per heavy atom. The molecular weight excluding hydrogens is 266 g/mol. The fourth-order valence-corrected chi connectivity index (χ4v) is 3.25. The zero-order chi connectivity index (χ0) is 15.5. The fourth-order valence-electron chi connectivity index (χ4n) is 3.25. The topological polar surface area (TPSA) is 38.8 Å². The number of aryl methyl sites for hydroxylation is 1. The van der Waals surface area contributed by atoms with Crippen LogP contribution in [0.25, 0.3) is 0 Å². The van der Waals surface area contributed by atoms with Crippen LogP contribution in [0.4, 0.5) is 0 Å². The summed E-state index contributed by atoms with van der Waals surface area (Å²) in [5.41, 5.74) is 2.82. The van der Waals surface area contributed by atoms with E-state index in [2.05, 4.69) is 19.1 Å². The first-order chi connectivity index (χ1) is 10.00. The molecule has 0 radical (unpaired) electrons. The lowest BCUT2D eigenvalue weighted by Gasteiger charge is -2.37. The number of hydrogen-bond acceptors (Lipinski definition) is 3. The molecule has 0 N–H and O–H groups in total. The zero-order valence-electron chi connectivity index (χ0n) is 13.4. The first-order valence-electron chi connectivity index (χ1n) is 7.50. The summed E-state index contributed by atoms with van der Waals surface area (Å²) in [6.07, 6.45) is 4.32. The second-order valence-electron chi connectivity index (χ2n) is 5.99. The Labute approximate surface area is 127 Å². The number of rotatable bonds is 5. The molecule has 21 heavy (non-hydrogen) atoms. The van der Waals surface area contributed by atoms with Crippen molar-refractivity contribution < 1.29 is 14.4 Å². The monoisotopic (exact) mass is 291 g/mol. The van der Waals surface area contributed by atoms with Gasteiger partial charge in [-0.05, 0) is 54.4 Å². The van der Waals surface area contributed by atoms with E-state index in [0.29, 0.717) is 6.54 Å². The van der Waals surface area contributed by atoms with E-state index in [9.17, 15) is 4.79 Å². The van der Waals surface area contributed by atoms with Gasteiger partial charge >= 0.3 is 0 Å². The lowest BCUT2D eigenvalue weighted by atomic mass is 9.69. The van der Waals surface area contributed by atoms with E-state index >= 15 is 0 Å². The highest BCUT2D eigenvalue weighted by molar-refractivity contribution is 5.71. The van der Waals surface area contributed by atoms with E-state index in [1.54, 1.807) is 14.2 Å². The number of nitrogens with zero attached hydrogens (tertiary/aromatic N) is 1. The molecule has 0 aromatic heterocycles. The van der Waals surface area contributed by atoms with Gasteiger partial charge in [0.1, 0.15) is 5.75 Å². The van der Waals surface area contributed by atoms with Gasteiger partial charge in [-0.2, -0.15) is 0 Å². The third-order valence-corrected chi connectivity index (χ3v) is 4.58. The third-order valence-electron chi connectivity index (χ3n) is 4.58. The number of methoxy groups -OCH3 is 1. The normalized spacial score (nSPS) is 20.8. The average Bonchev–Trinajstić information content (AvgIpc) is 2.47. The minimum atomic E-state index is -0.0530. The number of amides is 1. The molecule has 4 nitrogen and oxygen atoms in total. The van der Waals surface area contributed by atoms with Crippen LogP contribution < -0.4 is 4.74 Å². The van der Waals surface area contributed by atoms with Gasteiger partial charge in [0.25, 0.3) is 0 Å².